The van der Waals surface area contributed by atoms with Gasteiger partial charge in [0.25, 0.3) is 0 Å². The van der Waals surface area contributed by atoms with Gasteiger partial charge in [0.15, 0.2) is 0 Å². The van der Waals surface area contributed by atoms with Crippen LogP contribution in [0.15, 0.2) is 24.3 Å². The number of hydrogen-bond donors (Lipinski definition) is 0. The molecule has 0 heterocycles. The summed E-state index contributed by atoms with van der Waals surface area (Å²) in [4.78, 5) is 0. The van der Waals surface area contributed by atoms with Gasteiger partial charge in [0.1, 0.15) is 5.75 Å². The van der Waals surface area contributed by atoms with Gasteiger partial charge in [-0.15, -0.1) is 0 Å². The Kier molecular flexibility index (Phi) is 6.00. The topological polar surface area (TPSA) is 9.23 Å². The second-order valence-corrected chi connectivity index (χ2v) is 2.51. The Morgan fingerprint density at radius 1 is 1.36 bits per heavy atom. The summed E-state index contributed by atoms with van der Waals surface area (Å²) in [6, 6.07) is 7.95. The van der Waals surface area contributed by atoms with Crippen LogP contribution in [0.3, 0.4) is 0 Å². The Morgan fingerprint density at radius 3 is 2.45 bits per heavy atom. The summed E-state index contributed by atoms with van der Waals surface area (Å²) >= 11 is 3.37. The van der Waals surface area contributed by atoms with E-state index < -0.39 is 0 Å². The molecule has 0 unspecified atom stereocenters. The zero-order valence-electron chi connectivity index (χ0n) is 5.80. The summed E-state index contributed by atoms with van der Waals surface area (Å²) in [5.41, 5.74) is 1.19. The van der Waals surface area contributed by atoms with Crippen molar-refractivity contribution < 1.29 is 4.74 Å². The number of alkyl halides is 1. The van der Waals surface area contributed by atoms with E-state index in [1.54, 1.807) is 7.11 Å². The van der Waals surface area contributed by atoms with E-state index in [0.29, 0.717) is 0 Å². The van der Waals surface area contributed by atoms with Gasteiger partial charge in [0.2, 0.25) is 0 Å². The molecule has 0 amide bonds. The van der Waals surface area contributed by atoms with Gasteiger partial charge in [-0.05, 0) is 6.07 Å². The molecular weight excluding hydrogens is 216 g/mol. The predicted octanol–water partition coefficient (Wildman–Crippen LogP) is 1.67. The van der Waals surface area contributed by atoms with Crippen molar-refractivity contribution in [2.24, 2.45) is 0 Å². The highest BCUT2D eigenvalue weighted by Gasteiger charge is 1.96. The van der Waals surface area contributed by atoms with E-state index in [2.05, 4.69) is 15.9 Å². The van der Waals surface area contributed by atoms with Gasteiger partial charge in [-0.25, -0.2) is 0 Å². The normalized spacial score (nSPS) is 8.55. The monoisotopic (exact) mass is 226 g/mol. The van der Waals surface area contributed by atoms with E-state index in [0.717, 1.165) is 11.1 Å². The molecule has 0 N–H and O–H groups in total. The molecule has 0 aliphatic carbocycles. The van der Waals surface area contributed by atoms with Crippen molar-refractivity contribution in [3.63, 3.8) is 0 Å². The second-order valence-electron chi connectivity index (χ2n) is 1.95. The summed E-state index contributed by atoms with van der Waals surface area (Å²) in [6.45, 7) is 0. The van der Waals surface area contributed by atoms with Crippen LogP contribution in [0.2, 0.25) is 0 Å². The first-order chi connectivity index (χ1) is 4.88. The van der Waals surface area contributed by atoms with Crippen LogP contribution in [0.25, 0.3) is 0 Å². The third kappa shape index (κ3) is 3.01. The van der Waals surface area contributed by atoms with E-state index >= 15 is 0 Å². The lowest BCUT2D eigenvalue weighted by Gasteiger charge is -2.03. The average Bonchev–Trinajstić information content (AvgIpc) is 2.04. The minimum atomic E-state index is 0. The van der Waals surface area contributed by atoms with Crippen molar-refractivity contribution >= 4 is 39.0 Å². The maximum Gasteiger partial charge on any atom is 0.316 e. The lowest BCUT2D eigenvalue weighted by molar-refractivity contribution is 0.411. The van der Waals surface area contributed by atoms with Gasteiger partial charge >= 0.3 is 23.1 Å². The Balaban J connectivity index is 0.000001000. The Hall–Kier alpha value is 0.266. The third-order valence-electron chi connectivity index (χ3n) is 1.34. The molecule has 0 saturated carbocycles. The number of halogens is 1. The summed E-state index contributed by atoms with van der Waals surface area (Å²) in [6.07, 6.45) is 0. The van der Waals surface area contributed by atoms with Gasteiger partial charge in [-0.1, -0.05) is 34.1 Å². The molecule has 0 bridgehead atoms. The molecule has 58 valence electrons. The fraction of sp³-hybridized carbons (Fsp3) is 0.250. The van der Waals surface area contributed by atoms with Gasteiger partial charge in [0, 0.05) is 10.9 Å². The smallest absolute Gasteiger partial charge is 0.316 e. The van der Waals surface area contributed by atoms with Crippen molar-refractivity contribution in [1.29, 1.82) is 0 Å². The van der Waals surface area contributed by atoms with Crippen LogP contribution in [0.4, 0.5) is 0 Å². The molecule has 0 aromatic heterocycles. The summed E-state index contributed by atoms with van der Waals surface area (Å²) in [7, 11) is 1.68. The molecule has 3 heteroatoms. The quantitative estimate of drug-likeness (QED) is 0.552. The SMILES string of the molecule is COc1ccccc1CBr.[MgH2]. The van der Waals surface area contributed by atoms with Crippen LogP contribution >= 0.6 is 15.9 Å². The minimum Gasteiger partial charge on any atom is -0.496 e. The summed E-state index contributed by atoms with van der Waals surface area (Å²) in [5.74, 6) is 0.944. The first kappa shape index (κ1) is 11.3. The van der Waals surface area contributed by atoms with Crippen LogP contribution < -0.4 is 4.74 Å². The lowest BCUT2D eigenvalue weighted by atomic mass is 10.2. The second kappa shape index (κ2) is 5.86. The number of rotatable bonds is 2. The molecule has 1 rings (SSSR count). The van der Waals surface area contributed by atoms with Crippen molar-refractivity contribution in [1.82, 2.24) is 0 Å². The van der Waals surface area contributed by atoms with Gasteiger partial charge in [-0.2, -0.15) is 0 Å². The van der Waals surface area contributed by atoms with E-state index in [-0.39, 0.29) is 23.1 Å². The number of benzene rings is 1. The maximum absolute atomic E-state index is 5.11. The van der Waals surface area contributed by atoms with Crippen molar-refractivity contribution in [3.05, 3.63) is 29.8 Å². The van der Waals surface area contributed by atoms with Crippen LogP contribution in [-0.4, -0.2) is 30.2 Å². The highest BCUT2D eigenvalue weighted by Crippen LogP contribution is 2.19. The Labute approximate surface area is 91.4 Å². The summed E-state index contributed by atoms with van der Waals surface area (Å²) in [5, 5.41) is 0.844. The fourth-order valence-electron chi connectivity index (χ4n) is 0.813. The molecule has 1 aromatic rings. The van der Waals surface area contributed by atoms with E-state index in [4.69, 9.17) is 4.74 Å². The molecule has 1 nitrogen and oxygen atoms in total. The molecule has 0 radical (unpaired) electrons. The third-order valence-corrected chi connectivity index (χ3v) is 1.94. The number of hydrogen-bond acceptors (Lipinski definition) is 1. The van der Waals surface area contributed by atoms with E-state index in [9.17, 15) is 0 Å². The molecule has 0 saturated heterocycles. The molecule has 11 heavy (non-hydrogen) atoms. The Bertz CT molecular complexity index is 192. The van der Waals surface area contributed by atoms with Crippen LogP contribution in [-0.2, 0) is 5.33 Å². The fourth-order valence-corrected chi connectivity index (χ4v) is 1.28. The zero-order valence-corrected chi connectivity index (χ0v) is 7.39. The van der Waals surface area contributed by atoms with E-state index in [1.165, 1.54) is 5.56 Å². The largest absolute Gasteiger partial charge is 0.496 e. The molecule has 0 aliphatic rings. The van der Waals surface area contributed by atoms with Crippen LogP contribution in [0.5, 0.6) is 5.75 Å². The first-order valence-corrected chi connectivity index (χ1v) is 4.18. The lowest BCUT2D eigenvalue weighted by Crippen LogP contribution is -1.87. The molecule has 0 fully saturated rings. The van der Waals surface area contributed by atoms with Gasteiger partial charge in [0.05, 0.1) is 7.11 Å². The van der Waals surface area contributed by atoms with Crippen molar-refractivity contribution in [2.45, 2.75) is 5.33 Å². The van der Waals surface area contributed by atoms with Crippen molar-refractivity contribution in [2.75, 3.05) is 7.11 Å². The zero-order chi connectivity index (χ0) is 7.40. The molecule has 0 atom stereocenters. The average molecular weight is 227 g/mol. The van der Waals surface area contributed by atoms with Gasteiger partial charge in [-0.3, -0.25) is 0 Å². The maximum atomic E-state index is 5.11. The highest BCUT2D eigenvalue weighted by atomic mass is 79.9. The van der Waals surface area contributed by atoms with Crippen LogP contribution in [0, 0.1) is 0 Å². The number of methoxy groups -OCH3 is 1. The highest BCUT2D eigenvalue weighted by molar-refractivity contribution is 9.08. The predicted molar refractivity (Wildman–Crippen MR) is 54.2 cm³/mol. The Morgan fingerprint density at radius 2 is 2.00 bits per heavy atom. The number of ether oxygens (including phenoxy) is 1. The molecule has 0 spiro atoms. The van der Waals surface area contributed by atoms with E-state index in [1.807, 2.05) is 24.3 Å². The van der Waals surface area contributed by atoms with Crippen molar-refractivity contribution in [3.8, 4) is 5.75 Å². The first-order valence-electron chi connectivity index (χ1n) is 3.06. The van der Waals surface area contributed by atoms with Crippen LogP contribution in [0.1, 0.15) is 5.56 Å². The number of para-hydroxylation sites is 1. The molecule has 0 aliphatic heterocycles. The summed E-state index contributed by atoms with van der Waals surface area (Å²) < 4.78 is 5.11. The minimum absolute atomic E-state index is 0. The molecule has 1 aromatic carbocycles. The van der Waals surface area contributed by atoms with Gasteiger partial charge < -0.3 is 4.74 Å². The molecular formula is C8H11BrMgO. The standard InChI is InChI=1S/C8H9BrO.Mg.2H/c1-10-8-5-3-2-4-7(8)6-9;;;/h2-5H,6H2,1H3;;;.